The zero-order valence-electron chi connectivity index (χ0n) is 6.11. The maximum Gasteiger partial charge on any atom is 0.0291 e. The summed E-state index contributed by atoms with van der Waals surface area (Å²) >= 11 is 9.94. The summed E-state index contributed by atoms with van der Waals surface area (Å²) in [5, 5.41) is 5.62. The van der Waals surface area contributed by atoms with Crippen LogP contribution in [0.3, 0.4) is 0 Å². The van der Waals surface area contributed by atoms with E-state index in [1.165, 1.54) is 5.56 Å². The van der Waals surface area contributed by atoms with Crippen molar-refractivity contribution in [1.29, 1.82) is 0 Å². The molecule has 2 N–H and O–H groups in total. The van der Waals surface area contributed by atoms with Gasteiger partial charge in [-0.1, -0.05) is 17.7 Å². The maximum absolute atomic E-state index is 5.62. The summed E-state index contributed by atoms with van der Waals surface area (Å²) < 4.78 is 0. The molecule has 0 amide bonds. The molecule has 1 rings (SSSR count). The van der Waals surface area contributed by atoms with E-state index in [1.54, 1.807) is 0 Å². The fourth-order valence-electron chi connectivity index (χ4n) is 0.728. The topological polar surface area (TPSA) is 26.0 Å². The summed E-state index contributed by atoms with van der Waals surface area (Å²) in [6.45, 7) is 2.02. The Hall–Kier alpha value is -0.0300. The molecule has 0 aromatic heterocycles. The molecule has 60 valence electrons. The zero-order chi connectivity index (χ0) is 8.48. The van der Waals surface area contributed by atoms with Gasteiger partial charge in [-0.3, -0.25) is 5.14 Å². The first-order valence-electron chi connectivity index (χ1n) is 3.09. The van der Waals surface area contributed by atoms with Crippen LogP contribution in [-0.4, -0.2) is 0 Å². The first-order chi connectivity index (χ1) is 5.00. The Morgan fingerprint density at radius 1 is 1.18 bits per heavy atom. The Morgan fingerprint density at radius 2 is 1.64 bits per heavy atom. The van der Waals surface area contributed by atoms with Crippen molar-refractivity contribution in [2.24, 2.45) is 5.14 Å². The van der Waals surface area contributed by atoms with Gasteiger partial charge in [0.15, 0.2) is 0 Å². The predicted octanol–water partition coefficient (Wildman–Crippen LogP) is 1.31. The third-order valence-electron chi connectivity index (χ3n) is 1.35. The standard InChI is InChI=1S/C7H9NS3/c1-6-2-4-7(5-3-6)11(8,9)10/h2-5H,1H3,(H2,8,9,10). The molecule has 11 heavy (non-hydrogen) atoms. The molecule has 0 atom stereocenters. The lowest BCUT2D eigenvalue weighted by molar-refractivity contribution is 1.37. The van der Waals surface area contributed by atoms with E-state index in [-0.39, 0.29) is 0 Å². The fourth-order valence-corrected chi connectivity index (χ4v) is 1.91. The SMILES string of the molecule is Cc1ccc(S(N)(=S)=S)cc1. The van der Waals surface area contributed by atoms with Gasteiger partial charge in [-0.2, -0.15) is 0 Å². The Bertz CT molecular complexity index is 336. The van der Waals surface area contributed by atoms with Crippen molar-refractivity contribution in [2.75, 3.05) is 0 Å². The smallest absolute Gasteiger partial charge is 0.0291 e. The van der Waals surface area contributed by atoms with Gasteiger partial charge in [0.05, 0.1) is 0 Å². The zero-order valence-corrected chi connectivity index (χ0v) is 8.56. The Balaban J connectivity index is 3.20. The molecule has 1 nitrogen and oxygen atoms in total. The van der Waals surface area contributed by atoms with Crippen molar-refractivity contribution >= 4 is 29.7 Å². The van der Waals surface area contributed by atoms with Crippen molar-refractivity contribution in [2.45, 2.75) is 11.8 Å². The van der Waals surface area contributed by atoms with Crippen LogP contribution in [0, 0.1) is 6.92 Å². The summed E-state index contributed by atoms with van der Waals surface area (Å²) in [6, 6.07) is 7.76. The summed E-state index contributed by atoms with van der Waals surface area (Å²) in [6.07, 6.45) is 0. The minimum Gasteiger partial charge on any atom is -0.268 e. The average Bonchev–Trinajstić information content (AvgIpc) is 1.86. The van der Waals surface area contributed by atoms with Crippen molar-refractivity contribution in [1.82, 2.24) is 0 Å². The van der Waals surface area contributed by atoms with Gasteiger partial charge < -0.3 is 0 Å². The number of hydrogen-bond donors (Lipinski definition) is 1. The molecule has 0 aliphatic heterocycles. The van der Waals surface area contributed by atoms with E-state index >= 15 is 0 Å². The van der Waals surface area contributed by atoms with Gasteiger partial charge in [0.1, 0.15) is 0 Å². The van der Waals surface area contributed by atoms with E-state index in [2.05, 4.69) is 0 Å². The molecule has 0 spiro atoms. The maximum atomic E-state index is 5.62. The van der Waals surface area contributed by atoms with Gasteiger partial charge in [-0.15, -0.1) is 0 Å². The van der Waals surface area contributed by atoms with Crippen LogP contribution in [0.4, 0.5) is 0 Å². The van der Waals surface area contributed by atoms with Crippen molar-refractivity contribution in [3.63, 3.8) is 0 Å². The highest BCUT2D eigenvalue weighted by atomic mass is 33.1. The monoisotopic (exact) mass is 203 g/mol. The van der Waals surface area contributed by atoms with E-state index in [1.807, 2.05) is 31.2 Å². The Kier molecular flexibility index (Phi) is 2.59. The highest BCUT2D eigenvalue weighted by molar-refractivity contribution is 8.55. The second kappa shape index (κ2) is 3.15. The third-order valence-corrected chi connectivity index (χ3v) is 3.43. The van der Waals surface area contributed by atoms with Crippen LogP contribution in [0.25, 0.3) is 0 Å². The molecule has 0 aliphatic rings. The van der Waals surface area contributed by atoms with E-state index in [0.717, 1.165) is 4.90 Å². The van der Waals surface area contributed by atoms with Crippen molar-refractivity contribution in [3.8, 4) is 0 Å². The molecule has 0 unspecified atom stereocenters. The van der Waals surface area contributed by atoms with Gasteiger partial charge in [0, 0.05) is 4.90 Å². The van der Waals surface area contributed by atoms with Crippen molar-refractivity contribution in [3.05, 3.63) is 29.8 Å². The molecule has 4 heteroatoms. The predicted molar refractivity (Wildman–Crippen MR) is 55.7 cm³/mol. The quantitative estimate of drug-likeness (QED) is 0.745. The highest BCUT2D eigenvalue weighted by Crippen LogP contribution is 2.07. The van der Waals surface area contributed by atoms with Gasteiger partial charge in [0.2, 0.25) is 0 Å². The average molecular weight is 203 g/mol. The van der Waals surface area contributed by atoms with Gasteiger partial charge >= 0.3 is 0 Å². The van der Waals surface area contributed by atoms with Crippen molar-refractivity contribution < 1.29 is 0 Å². The molecule has 0 bridgehead atoms. The lowest BCUT2D eigenvalue weighted by Crippen LogP contribution is -2.08. The lowest BCUT2D eigenvalue weighted by Gasteiger charge is -2.02. The minimum atomic E-state index is -1.85. The molecular formula is C7H9NS3. The van der Waals surface area contributed by atoms with Crippen LogP contribution in [0.15, 0.2) is 29.2 Å². The third kappa shape index (κ3) is 2.48. The van der Waals surface area contributed by atoms with E-state index in [4.69, 9.17) is 27.5 Å². The van der Waals surface area contributed by atoms with Crippen LogP contribution in [0.5, 0.6) is 0 Å². The van der Waals surface area contributed by atoms with Gasteiger partial charge in [0.25, 0.3) is 0 Å². The molecule has 0 aliphatic carbocycles. The molecule has 0 saturated heterocycles. The first kappa shape index (κ1) is 9.06. The van der Waals surface area contributed by atoms with Crippen LogP contribution in [0.2, 0.25) is 0 Å². The summed E-state index contributed by atoms with van der Waals surface area (Å²) in [4.78, 5) is 0.896. The molecule has 1 aromatic rings. The molecular weight excluding hydrogens is 194 g/mol. The molecule has 0 heterocycles. The Labute approximate surface area is 76.6 Å². The van der Waals surface area contributed by atoms with Crippen LogP contribution >= 0.6 is 0 Å². The first-order valence-corrected chi connectivity index (χ1v) is 6.64. The normalized spacial score (nSPS) is 11.5. The number of hydrogen-bond acceptors (Lipinski definition) is 2. The molecule has 0 fully saturated rings. The summed E-state index contributed by atoms with van der Waals surface area (Å²) in [5.74, 6) is 0. The molecule has 0 radical (unpaired) electrons. The van der Waals surface area contributed by atoms with Gasteiger partial charge in [-0.25, -0.2) is 0 Å². The number of aryl methyl sites for hydroxylation is 1. The second-order valence-corrected chi connectivity index (χ2v) is 7.71. The summed E-state index contributed by atoms with van der Waals surface area (Å²) in [7, 11) is -1.85. The lowest BCUT2D eigenvalue weighted by atomic mass is 10.2. The largest absolute Gasteiger partial charge is 0.268 e. The molecule has 1 aromatic carbocycles. The number of nitrogens with two attached hydrogens (primary N) is 1. The summed E-state index contributed by atoms with van der Waals surface area (Å²) in [5.41, 5.74) is 1.20. The number of rotatable bonds is 1. The van der Waals surface area contributed by atoms with Crippen LogP contribution < -0.4 is 5.14 Å². The van der Waals surface area contributed by atoms with Crippen LogP contribution in [-0.2, 0) is 29.7 Å². The number of benzene rings is 1. The van der Waals surface area contributed by atoms with Crippen LogP contribution in [0.1, 0.15) is 5.56 Å². The van der Waals surface area contributed by atoms with E-state index in [9.17, 15) is 0 Å². The molecule has 0 saturated carbocycles. The second-order valence-electron chi connectivity index (χ2n) is 2.36. The minimum absolute atomic E-state index is 0.896. The van der Waals surface area contributed by atoms with E-state index < -0.39 is 7.33 Å². The highest BCUT2D eigenvalue weighted by Gasteiger charge is 1.96. The van der Waals surface area contributed by atoms with Gasteiger partial charge in [-0.05, 0) is 48.8 Å². The fraction of sp³-hybridized carbons (Fsp3) is 0.143. The Morgan fingerprint density at radius 3 is 2.00 bits per heavy atom. The van der Waals surface area contributed by atoms with E-state index in [0.29, 0.717) is 0 Å².